The summed E-state index contributed by atoms with van der Waals surface area (Å²) in [6.45, 7) is 7.20. The highest BCUT2D eigenvalue weighted by atomic mass is 16.5. The average molecular weight is 237 g/mol. The summed E-state index contributed by atoms with van der Waals surface area (Å²) in [5, 5.41) is 3.14. The number of hydrogen-bond donors (Lipinski definition) is 1. The van der Waals surface area contributed by atoms with Crippen LogP contribution in [0.2, 0.25) is 0 Å². The molecule has 0 fully saturated rings. The Kier molecular flexibility index (Phi) is 5.49. The molecule has 0 saturated heterocycles. The van der Waals surface area contributed by atoms with Gasteiger partial charge in [-0.2, -0.15) is 0 Å². The summed E-state index contributed by atoms with van der Waals surface area (Å²) in [5.41, 5.74) is 0.580. The van der Waals surface area contributed by atoms with Gasteiger partial charge in [0.05, 0.1) is 6.61 Å². The van der Waals surface area contributed by atoms with Gasteiger partial charge in [0, 0.05) is 5.56 Å². The first-order valence-electron chi connectivity index (χ1n) is 5.83. The van der Waals surface area contributed by atoms with E-state index in [4.69, 9.17) is 9.47 Å². The number of carbonyl (C=O) groups is 1. The molecule has 0 aromatic heterocycles. The van der Waals surface area contributed by atoms with Crippen molar-refractivity contribution in [3.63, 3.8) is 0 Å². The third kappa shape index (κ3) is 4.07. The van der Waals surface area contributed by atoms with E-state index in [1.54, 1.807) is 18.2 Å². The first kappa shape index (κ1) is 13.5. The van der Waals surface area contributed by atoms with Crippen LogP contribution in [0.25, 0.3) is 0 Å². The summed E-state index contributed by atoms with van der Waals surface area (Å²) in [7, 11) is 0. The first-order chi connectivity index (χ1) is 8.21. The number of carbonyl (C=O) groups excluding carboxylic acids is 1. The lowest BCUT2D eigenvalue weighted by atomic mass is 10.2. The van der Waals surface area contributed by atoms with Crippen LogP contribution in [-0.4, -0.2) is 25.7 Å². The fourth-order valence-electron chi connectivity index (χ4n) is 1.48. The smallest absolute Gasteiger partial charge is 0.163 e. The van der Waals surface area contributed by atoms with Crippen LogP contribution in [0.1, 0.15) is 31.1 Å². The van der Waals surface area contributed by atoms with Gasteiger partial charge in [-0.15, -0.1) is 0 Å². The fraction of sp³-hybridized carbons (Fsp3) is 0.462. The van der Waals surface area contributed by atoms with Crippen molar-refractivity contribution in [2.45, 2.75) is 27.0 Å². The van der Waals surface area contributed by atoms with Gasteiger partial charge < -0.3 is 9.47 Å². The van der Waals surface area contributed by atoms with Crippen LogP contribution in [0.5, 0.6) is 11.5 Å². The van der Waals surface area contributed by atoms with Crippen molar-refractivity contribution < 1.29 is 14.3 Å². The summed E-state index contributed by atoms with van der Waals surface area (Å²) in [5.74, 6) is 1.24. The van der Waals surface area contributed by atoms with Gasteiger partial charge in [-0.1, -0.05) is 6.92 Å². The molecule has 1 unspecified atom stereocenters. The number of hydrogen-bond acceptors (Lipinski definition) is 4. The summed E-state index contributed by atoms with van der Waals surface area (Å²) >= 11 is 0. The highest BCUT2D eigenvalue weighted by molar-refractivity contribution is 5.76. The van der Waals surface area contributed by atoms with Gasteiger partial charge >= 0.3 is 0 Å². The molecule has 4 heteroatoms. The highest BCUT2D eigenvalue weighted by Gasteiger charge is 2.09. The molecule has 0 aliphatic rings. The zero-order valence-electron chi connectivity index (χ0n) is 10.5. The van der Waals surface area contributed by atoms with Crippen LogP contribution >= 0.6 is 0 Å². The van der Waals surface area contributed by atoms with E-state index in [2.05, 4.69) is 5.32 Å². The molecule has 1 rings (SSSR count). The zero-order valence-corrected chi connectivity index (χ0v) is 10.5. The number of aldehydes is 1. The van der Waals surface area contributed by atoms with Gasteiger partial charge in [0.2, 0.25) is 0 Å². The van der Waals surface area contributed by atoms with Crippen molar-refractivity contribution in [1.29, 1.82) is 0 Å². The molecule has 0 bridgehead atoms. The van der Waals surface area contributed by atoms with E-state index in [9.17, 15) is 4.79 Å². The quantitative estimate of drug-likeness (QED) is 0.583. The van der Waals surface area contributed by atoms with Crippen molar-refractivity contribution in [3.8, 4) is 11.5 Å². The van der Waals surface area contributed by atoms with E-state index in [0.717, 1.165) is 12.8 Å². The highest BCUT2D eigenvalue weighted by Crippen LogP contribution is 2.28. The van der Waals surface area contributed by atoms with E-state index in [0.29, 0.717) is 23.7 Å². The van der Waals surface area contributed by atoms with E-state index < -0.39 is 0 Å². The van der Waals surface area contributed by atoms with E-state index in [1.807, 2.05) is 20.8 Å². The lowest BCUT2D eigenvalue weighted by Crippen LogP contribution is -2.31. The number of nitrogens with one attached hydrogen (secondary N) is 1. The Morgan fingerprint density at radius 3 is 2.71 bits per heavy atom. The molecule has 0 amide bonds. The molecule has 0 radical (unpaired) electrons. The van der Waals surface area contributed by atoms with Gasteiger partial charge in [-0.05, 0) is 38.6 Å². The molecule has 0 saturated carbocycles. The van der Waals surface area contributed by atoms with E-state index >= 15 is 0 Å². The second-order valence-corrected chi connectivity index (χ2v) is 3.57. The predicted molar refractivity (Wildman–Crippen MR) is 66.8 cm³/mol. The van der Waals surface area contributed by atoms with Crippen LogP contribution in [0.15, 0.2) is 18.2 Å². The maximum atomic E-state index is 10.7. The Balaban J connectivity index is 2.85. The Hall–Kier alpha value is -1.55. The van der Waals surface area contributed by atoms with Crippen molar-refractivity contribution in [3.05, 3.63) is 23.8 Å². The molecule has 94 valence electrons. The second-order valence-electron chi connectivity index (χ2n) is 3.57. The molecule has 0 aliphatic heterocycles. The van der Waals surface area contributed by atoms with Crippen LogP contribution < -0.4 is 14.8 Å². The van der Waals surface area contributed by atoms with Crippen molar-refractivity contribution in [1.82, 2.24) is 5.32 Å². The van der Waals surface area contributed by atoms with E-state index in [-0.39, 0.29) is 6.23 Å². The van der Waals surface area contributed by atoms with Crippen molar-refractivity contribution >= 4 is 6.29 Å². The molecule has 4 nitrogen and oxygen atoms in total. The SMILES string of the molecule is CCNC(C)Oc1ccc(C=O)cc1OCC. The molecule has 17 heavy (non-hydrogen) atoms. The molecular weight excluding hydrogens is 218 g/mol. The molecule has 1 atom stereocenters. The Morgan fingerprint density at radius 2 is 2.12 bits per heavy atom. The molecule has 0 aliphatic carbocycles. The topological polar surface area (TPSA) is 47.6 Å². The van der Waals surface area contributed by atoms with Crippen LogP contribution in [-0.2, 0) is 0 Å². The summed E-state index contributed by atoms with van der Waals surface area (Å²) in [6, 6.07) is 5.15. The minimum absolute atomic E-state index is 0.0960. The van der Waals surface area contributed by atoms with Crippen LogP contribution in [0.3, 0.4) is 0 Å². The van der Waals surface area contributed by atoms with Crippen LogP contribution in [0, 0.1) is 0 Å². The van der Waals surface area contributed by atoms with Crippen molar-refractivity contribution in [2.24, 2.45) is 0 Å². The lowest BCUT2D eigenvalue weighted by molar-refractivity contribution is 0.112. The Labute approximate surface area is 102 Å². The molecule has 1 aromatic rings. The first-order valence-corrected chi connectivity index (χ1v) is 5.83. The molecule has 1 aromatic carbocycles. The standard InChI is InChI=1S/C13H19NO3/c1-4-14-10(3)17-12-7-6-11(9-15)8-13(12)16-5-2/h6-10,14H,4-5H2,1-3H3. The lowest BCUT2D eigenvalue weighted by Gasteiger charge is -2.18. The minimum atomic E-state index is -0.0960. The molecule has 0 spiro atoms. The molecule has 1 N–H and O–H groups in total. The maximum absolute atomic E-state index is 10.7. The minimum Gasteiger partial charge on any atom is -0.490 e. The molecule has 0 heterocycles. The third-order valence-electron chi connectivity index (χ3n) is 2.20. The molecular formula is C13H19NO3. The average Bonchev–Trinajstić information content (AvgIpc) is 2.32. The van der Waals surface area contributed by atoms with Gasteiger partial charge in [-0.3, -0.25) is 10.1 Å². The fourth-order valence-corrected chi connectivity index (χ4v) is 1.48. The largest absolute Gasteiger partial charge is 0.490 e. The predicted octanol–water partition coefficient (Wildman–Crippen LogP) is 2.23. The summed E-state index contributed by atoms with van der Waals surface area (Å²) in [4.78, 5) is 10.7. The monoisotopic (exact) mass is 237 g/mol. The second kappa shape index (κ2) is 6.91. The summed E-state index contributed by atoms with van der Waals surface area (Å²) < 4.78 is 11.1. The Bertz CT molecular complexity index is 366. The number of benzene rings is 1. The number of ether oxygens (including phenoxy) is 2. The van der Waals surface area contributed by atoms with Gasteiger partial charge in [0.1, 0.15) is 12.5 Å². The summed E-state index contributed by atoms with van der Waals surface area (Å²) in [6.07, 6.45) is 0.696. The van der Waals surface area contributed by atoms with Crippen molar-refractivity contribution in [2.75, 3.05) is 13.2 Å². The van der Waals surface area contributed by atoms with Gasteiger partial charge in [-0.25, -0.2) is 0 Å². The van der Waals surface area contributed by atoms with Gasteiger partial charge in [0.15, 0.2) is 11.5 Å². The van der Waals surface area contributed by atoms with Gasteiger partial charge in [0.25, 0.3) is 0 Å². The van der Waals surface area contributed by atoms with Crippen LogP contribution in [0.4, 0.5) is 0 Å². The Morgan fingerprint density at radius 1 is 1.35 bits per heavy atom. The normalized spacial score (nSPS) is 11.9. The third-order valence-corrected chi connectivity index (χ3v) is 2.20. The zero-order chi connectivity index (χ0) is 12.7. The van der Waals surface area contributed by atoms with E-state index in [1.165, 1.54) is 0 Å². The maximum Gasteiger partial charge on any atom is 0.163 e. The number of rotatable bonds is 7.